The number of imidazole rings is 1. The van der Waals surface area contributed by atoms with Gasteiger partial charge < -0.3 is 14.8 Å². The molecule has 13 nitrogen and oxygen atoms in total. The monoisotopic (exact) mass is 421 g/mol. The van der Waals surface area contributed by atoms with E-state index < -0.39 is 50.6 Å². The molecule has 1 aromatic heterocycles. The second-order valence-electron chi connectivity index (χ2n) is 7.17. The fourth-order valence-electron chi connectivity index (χ4n) is 2.57. The first-order valence-corrected chi connectivity index (χ1v) is 8.56. The van der Waals surface area contributed by atoms with Crippen LogP contribution in [-0.2, 0) is 16.0 Å². The number of aliphatic carboxylic acids is 1. The van der Waals surface area contributed by atoms with Crippen molar-refractivity contribution in [3.05, 3.63) is 56.6 Å². The summed E-state index contributed by atoms with van der Waals surface area (Å²) in [5, 5.41) is 32.3. The Bertz CT molecular complexity index is 967. The maximum absolute atomic E-state index is 12.9. The first kappa shape index (κ1) is 22.3. The van der Waals surface area contributed by atoms with Crippen LogP contribution in [0.2, 0.25) is 0 Å². The van der Waals surface area contributed by atoms with Crippen LogP contribution in [0, 0.1) is 20.2 Å². The fraction of sp³-hybridized carbons (Fsp3) is 0.353. The number of ether oxygens (including phenoxy) is 1. The molecule has 160 valence electrons. The van der Waals surface area contributed by atoms with Crippen molar-refractivity contribution in [2.75, 3.05) is 4.90 Å². The van der Waals surface area contributed by atoms with Gasteiger partial charge in [0.1, 0.15) is 17.3 Å². The Hall–Kier alpha value is -4.03. The lowest BCUT2D eigenvalue weighted by Crippen LogP contribution is -2.49. The first-order valence-electron chi connectivity index (χ1n) is 8.56. The predicted octanol–water partition coefficient (Wildman–Crippen LogP) is 2.66. The minimum atomic E-state index is -1.62. The fourth-order valence-corrected chi connectivity index (χ4v) is 2.57. The predicted molar refractivity (Wildman–Crippen MR) is 102 cm³/mol. The molecular formula is C17H19N5O8. The molecule has 0 saturated heterocycles. The maximum atomic E-state index is 12.9. The smallest absolute Gasteiger partial charge is 0.415 e. The molecule has 0 saturated carbocycles. The average Bonchev–Trinajstić information content (AvgIpc) is 3.12. The van der Waals surface area contributed by atoms with E-state index in [-0.39, 0.29) is 6.42 Å². The molecule has 0 aliphatic rings. The Morgan fingerprint density at radius 3 is 2.40 bits per heavy atom. The lowest BCUT2D eigenvalue weighted by Gasteiger charge is -2.31. The van der Waals surface area contributed by atoms with Crippen LogP contribution in [-0.4, -0.2) is 48.6 Å². The van der Waals surface area contributed by atoms with Crippen LogP contribution in [0.3, 0.4) is 0 Å². The number of H-pyrrole nitrogens is 1. The minimum Gasteiger partial charge on any atom is -0.480 e. The van der Waals surface area contributed by atoms with Crippen LogP contribution in [0.15, 0.2) is 30.7 Å². The van der Waals surface area contributed by atoms with Crippen molar-refractivity contribution in [1.82, 2.24) is 9.97 Å². The quantitative estimate of drug-likeness (QED) is 0.501. The van der Waals surface area contributed by atoms with Crippen LogP contribution in [0.1, 0.15) is 26.5 Å². The normalized spacial score (nSPS) is 12.1. The van der Waals surface area contributed by atoms with Gasteiger partial charge in [-0.3, -0.25) is 25.1 Å². The summed E-state index contributed by atoms with van der Waals surface area (Å²) in [4.78, 5) is 52.8. The molecule has 0 bridgehead atoms. The van der Waals surface area contributed by atoms with E-state index in [1.165, 1.54) is 33.3 Å². The number of carboxylic acid groups (broad SMARTS) is 1. The molecule has 1 aromatic carbocycles. The van der Waals surface area contributed by atoms with E-state index in [1.807, 2.05) is 0 Å². The molecule has 2 rings (SSSR count). The third kappa shape index (κ3) is 5.27. The zero-order chi connectivity index (χ0) is 22.6. The van der Waals surface area contributed by atoms with Gasteiger partial charge in [-0.05, 0) is 26.8 Å². The van der Waals surface area contributed by atoms with Crippen LogP contribution in [0.25, 0.3) is 0 Å². The SMILES string of the molecule is CC(C)(C)OC(=O)N(c1ccc([N+](=O)[O-])cc1[N+](=O)[O-])[C@@H](Cc1cnc[nH]1)C(=O)O. The first-order chi connectivity index (χ1) is 13.9. The van der Waals surface area contributed by atoms with E-state index in [9.17, 15) is 34.9 Å². The number of hydrogen-bond acceptors (Lipinski definition) is 8. The molecule has 0 fully saturated rings. The van der Waals surface area contributed by atoms with E-state index >= 15 is 0 Å². The van der Waals surface area contributed by atoms with Crippen LogP contribution >= 0.6 is 0 Å². The molecule has 30 heavy (non-hydrogen) atoms. The number of carboxylic acids is 1. The number of nitro benzene ring substituents is 2. The second-order valence-corrected chi connectivity index (χ2v) is 7.17. The van der Waals surface area contributed by atoms with Crippen molar-refractivity contribution in [3.8, 4) is 0 Å². The average molecular weight is 421 g/mol. The largest absolute Gasteiger partial charge is 0.480 e. The topological polar surface area (TPSA) is 182 Å². The zero-order valence-electron chi connectivity index (χ0n) is 16.3. The van der Waals surface area contributed by atoms with Crippen LogP contribution < -0.4 is 4.90 Å². The van der Waals surface area contributed by atoms with E-state index in [0.717, 1.165) is 12.1 Å². The summed E-state index contributed by atoms with van der Waals surface area (Å²) in [6.07, 6.45) is 1.21. The number of nitrogens with zero attached hydrogens (tertiary/aromatic N) is 4. The summed E-state index contributed by atoms with van der Waals surface area (Å²) < 4.78 is 5.26. The van der Waals surface area contributed by atoms with Crippen molar-refractivity contribution in [3.63, 3.8) is 0 Å². The summed E-state index contributed by atoms with van der Waals surface area (Å²) in [6, 6.07) is 0.917. The Kier molecular flexibility index (Phi) is 6.34. The Morgan fingerprint density at radius 2 is 1.93 bits per heavy atom. The number of hydrogen-bond donors (Lipinski definition) is 2. The molecule has 2 N–H and O–H groups in total. The molecule has 13 heteroatoms. The number of non-ortho nitro benzene ring substituents is 1. The lowest BCUT2D eigenvalue weighted by atomic mass is 10.1. The van der Waals surface area contributed by atoms with Gasteiger partial charge in [0.25, 0.3) is 11.4 Å². The van der Waals surface area contributed by atoms with Gasteiger partial charge in [0.15, 0.2) is 0 Å². The third-order valence-corrected chi connectivity index (χ3v) is 3.78. The van der Waals surface area contributed by atoms with Crippen molar-refractivity contribution < 1.29 is 29.3 Å². The molecule has 0 aliphatic carbocycles. The van der Waals surface area contributed by atoms with Crippen LogP contribution in [0.5, 0.6) is 0 Å². The van der Waals surface area contributed by atoms with Crippen molar-refractivity contribution >= 4 is 29.1 Å². The van der Waals surface area contributed by atoms with E-state index in [2.05, 4.69) is 9.97 Å². The second kappa shape index (κ2) is 8.55. The number of nitro groups is 2. The number of aromatic amines is 1. The molecule has 0 unspecified atom stereocenters. The van der Waals surface area contributed by atoms with Gasteiger partial charge in [-0.2, -0.15) is 0 Å². The summed E-state index contributed by atoms with van der Waals surface area (Å²) in [6.45, 7) is 4.62. The zero-order valence-corrected chi connectivity index (χ0v) is 16.3. The number of carbonyl (C=O) groups excluding carboxylic acids is 1. The molecule has 0 spiro atoms. The summed E-state index contributed by atoms with van der Waals surface area (Å²) >= 11 is 0. The standard InChI is InChI=1S/C17H19N5O8/c1-17(2,3)30-16(25)20(14(15(23)24)6-10-8-18-9-19-10)12-5-4-11(21(26)27)7-13(12)22(28)29/h4-5,7-9,14H,6H2,1-3H3,(H,18,19)(H,23,24)/t14-/m0/s1. The number of anilines is 1. The highest BCUT2D eigenvalue weighted by Gasteiger charge is 2.39. The van der Waals surface area contributed by atoms with Gasteiger partial charge in [-0.1, -0.05) is 0 Å². The van der Waals surface area contributed by atoms with Gasteiger partial charge in [-0.15, -0.1) is 0 Å². The van der Waals surface area contributed by atoms with E-state index in [4.69, 9.17) is 4.74 Å². The lowest BCUT2D eigenvalue weighted by molar-refractivity contribution is -0.393. The molecular weight excluding hydrogens is 402 g/mol. The highest BCUT2D eigenvalue weighted by molar-refractivity contribution is 5.97. The Morgan fingerprint density at radius 1 is 1.27 bits per heavy atom. The van der Waals surface area contributed by atoms with Gasteiger partial charge in [-0.25, -0.2) is 14.6 Å². The molecule has 0 aliphatic heterocycles. The molecule has 0 radical (unpaired) electrons. The number of carbonyl (C=O) groups is 2. The number of amides is 1. The summed E-state index contributed by atoms with van der Waals surface area (Å²) in [5.41, 5.74) is -2.55. The molecule has 1 heterocycles. The Labute approximate surface area is 169 Å². The van der Waals surface area contributed by atoms with E-state index in [0.29, 0.717) is 16.7 Å². The molecule has 2 aromatic rings. The van der Waals surface area contributed by atoms with Gasteiger partial charge >= 0.3 is 12.1 Å². The number of nitrogens with one attached hydrogen (secondary N) is 1. The van der Waals surface area contributed by atoms with Gasteiger partial charge in [0.05, 0.1) is 22.2 Å². The van der Waals surface area contributed by atoms with Gasteiger partial charge in [0, 0.05) is 24.4 Å². The van der Waals surface area contributed by atoms with Crippen molar-refractivity contribution in [2.45, 2.75) is 38.8 Å². The molecule has 1 amide bonds. The van der Waals surface area contributed by atoms with Crippen molar-refractivity contribution in [1.29, 1.82) is 0 Å². The maximum Gasteiger partial charge on any atom is 0.415 e. The number of benzene rings is 1. The minimum absolute atomic E-state index is 0.275. The van der Waals surface area contributed by atoms with Crippen LogP contribution in [0.4, 0.5) is 21.9 Å². The third-order valence-electron chi connectivity index (χ3n) is 3.78. The van der Waals surface area contributed by atoms with Crippen molar-refractivity contribution in [2.24, 2.45) is 0 Å². The summed E-state index contributed by atoms with van der Waals surface area (Å²) in [7, 11) is 0. The summed E-state index contributed by atoms with van der Waals surface area (Å²) in [5.74, 6) is -1.47. The van der Waals surface area contributed by atoms with Gasteiger partial charge in [0.2, 0.25) is 0 Å². The highest BCUT2D eigenvalue weighted by Crippen LogP contribution is 2.34. The molecule has 1 atom stereocenters. The Balaban J connectivity index is 2.66. The van der Waals surface area contributed by atoms with E-state index in [1.54, 1.807) is 0 Å². The number of aromatic nitrogens is 2. The highest BCUT2D eigenvalue weighted by atomic mass is 16.6. The number of rotatable bonds is 7.